The van der Waals surface area contributed by atoms with Gasteiger partial charge in [0.15, 0.2) is 5.11 Å². The summed E-state index contributed by atoms with van der Waals surface area (Å²) in [7, 11) is 1.77. The van der Waals surface area contributed by atoms with Gasteiger partial charge in [-0.2, -0.15) is 5.10 Å². The number of thiocarbonyl (C=S) groups is 1. The van der Waals surface area contributed by atoms with Crippen molar-refractivity contribution in [3.8, 4) is 0 Å². The van der Waals surface area contributed by atoms with Crippen LogP contribution >= 0.6 is 12.2 Å². The van der Waals surface area contributed by atoms with Crippen molar-refractivity contribution in [1.82, 2.24) is 10.7 Å². The number of hydrazone groups is 1. The molecule has 0 radical (unpaired) electrons. The molecule has 1 aliphatic heterocycles. The zero-order valence-corrected chi connectivity index (χ0v) is 8.78. The molecule has 13 heavy (non-hydrogen) atoms. The minimum absolute atomic E-state index is 0.390. The lowest BCUT2D eigenvalue weighted by atomic mass is 10.0. The Morgan fingerprint density at radius 2 is 2.46 bits per heavy atom. The molecule has 0 aliphatic carbocycles. The second-order valence-electron chi connectivity index (χ2n) is 3.02. The number of ether oxygens (including phenoxy) is 1. The van der Waals surface area contributed by atoms with Crippen molar-refractivity contribution in [2.75, 3.05) is 20.3 Å². The van der Waals surface area contributed by atoms with Crippen molar-refractivity contribution < 1.29 is 4.74 Å². The van der Waals surface area contributed by atoms with Gasteiger partial charge < -0.3 is 10.1 Å². The van der Waals surface area contributed by atoms with Gasteiger partial charge in [-0.1, -0.05) is 6.92 Å². The molecule has 5 heteroatoms. The molecule has 1 rings (SSSR count). The second-order valence-corrected chi connectivity index (χ2v) is 3.43. The summed E-state index contributed by atoms with van der Waals surface area (Å²) in [5.41, 5.74) is 3.91. The smallest absolute Gasteiger partial charge is 0.186 e. The van der Waals surface area contributed by atoms with Crippen LogP contribution in [-0.2, 0) is 4.74 Å². The van der Waals surface area contributed by atoms with E-state index in [0.29, 0.717) is 11.0 Å². The van der Waals surface area contributed by atoms with Crippen molar-refractivity contribution in [2.45, 2.75) is 13.3 Å². The molecule has 74 valence electrons. The number of nitrogens with one attached hydrogen (secondary N) is 2. The van der Waals surface area contributed by atoms with Gasteiger partial charge in [-0.05, 0) is 12.2 Å². The normalized spacial score (nSPS) is 25.7. The molecule has 1 saturated heterocycles. The van der Waals surface area contributed by atoms with Crippen LogP contribution < -0.4 is 10.7 Å². The first-order valence-electron chi connectivity index (χ1n) is 4.36. The van der Waals surface area contributed by atoms with Crippen molar-refractivity contribution in [3.05, 3.63) is 0 Å². The number of rotatable bonds is 1. The third-order valence-electron chi connectivity index (χ3n) is 1.97. The third kappa shape index (κ3) is 3.28. The Balaban J connectivity index is 2.43. The summed E-state index contributed by atoms with van der Waals surface area (Å²) < 4.78 is 5.29. The molecule has 1 fully saturated rings. The summed E-state index contributed by atoms with van der Waals surface area (Å²) in [6.07, 6.45) is 0.889. The maximum Gasteiger partial charge on any atom is 0.186 e. The highest BCUT2D eigenvalue weighted by Crippen LogP contribution is 2.09. The Kier molecular flexibility index (Phi) is 4.11. The summed E-state index contributed by atoms with van der Waals surface area (Å²) in [6, 6.07) is 0. The van der Waals surface area contributed by atoms with E-state index in [-0.39, 0.29) is 0 Å². The summed E-state index contributed by atoms with van der Waals surface area (Å²) >= 11 is 4.90. The molecule has 0 saturated carbocycles. The fraction of sp³-hybridized carbons (Fsp3) is 0.750. The minimum Gasteiger partial charge on any atom is -0.380 e. The van der Waals surface area contributed by atoms with Crippen molar-refractivity contribution in [3.63, 3.8) is 0 Å². The van der Waals surface area contributed by atoms with Crippen molar-refractivity contribution in [1.29, 1.82) is 0 Å². The maximum absolute atomic E-state index is 5.29. The summed E-state index contributed by atoms with van der Waals surface area (Å²) in [6.45, 7) is 3.62. The van der Waals surface area contributed by atoms with Crippen LogP contribution in [-0.4, -0.2) is 31.1 Å². The van der Waals surface area contributed by atoms with Crippen LogP contribution in [0.15, 0.2) is 5.10 Å². The first-order valence-corrected chi connectivity index (χ1v) is 4.76. The van der Waals surface area contributed by atoms with Gasteiger partial charge in [0.25, 0.3) is 0 Å². The molecule has 0 spiro atoms. The minimum atomic E-state index is 0.390. The topological polar surface area (TPSA) is 45.7 Å². The van der Waals surface area contributed by atoms with Gasteiger partial charge in [0.2, 0.25) is 0 Å². The van der Waals surface area contributed by atoms with E-state index in [1.807, 2.05) is 0 Å². The van der Waals surface area contributed by atoms with E-state index in [4.69, 9.17) is 17.0 Å². The largest absolute Gasteiger partial charge is 0.380 e. The van der Waals surface area contributed by atoms with E-state index in [9.17, 15) is 0 Å². The maximum atomic E-state index is 5.29. The number of nitrogens with zero attached hydrogens (tertiary/aromatic N) is 1. The summed E-state index contributed by atoms with van der Waals surface area (Å²) in [5, 5.41) is 7.57. The first kappa shape index (κ1) is 10.4. The van der Waals surface area contributed by atoms with Crippen LogP contribution in [0, 0.1) is 5.92 Å². The lowest BCUT2D eigenvalue weighted by Gasteiger charge is -2.20. The average Bonchev–Trinajstić information content (AvgIpc) is 2.16. The third-order valence-corrected chi connectivity index (χ3v) is 2.26. The molecule has 1 atom stereocenters. The standard InChI is InChI=1S/C8H15N3OS/c1-6-5-12-4-3-7(6)10-11-8(13)9-2/h6H,3-5H2,1-2H3,(H2,9,11,13)/b10-7-. The van der Waals surface area contributed by atoms with Crippen LogP contribution in [0.3, 0.4) is 0 Å². The van der Waals surface area contributed by atoms with Crippen molar-refractivity contribution >= 4 is 23.0 Å². The molecule has 0 aromatic heterocycles. The highest BCUT2D eigenvalue weighted by molar-refractivity contribution is 7.80. The van der Waals surface area contributed by atoms with Gasteiger partial charge in [-0.25, -0.2) is 0 Å². The van der Waals surface area contributed by atoms with Crippen LogP contribution in [0.2, 0.25) is 0 Å². The highest BCUT2D eigenvalue weighted by Gasteiger charge is 2.16. The lowest BCUT2D eigenvalue weighted by Crippen LogP contribution is -2.32. The zero-order valence-electron chi connectivity index (χ0n) is 7.96. The molecule has 0 aromatic rings. The van der Waals surface area contributed by atoms with Gasteiger partial charge >= 0.3 is 0 Å². The van der Waals surface area contributed by atoms with Crippen LogP contribution in [0.25, 0.3) is 0 Å². The van der Waals surface area contributed by atoms with Gasteiger partial charge in [0.1, 0.15) is 0 Å². The SMILES string of the molecule is CNC(=S)N/N=C1/CCOCC1C. The molecule has 0 bridgehead atoms. The Labute approximate surface area is 83.7 Å². The zero-order chi connectivity index (χ0) is 9.68. The molecule has 1 heterocycles. The molecular weight excluding hydrogens is 186 g/mol. The van der Waals surface area contributed by atoms with E-state index in [1.165, 1.54) is 0 Å². The Morgan fingerprint density at radius 1 is 1.69 bits per heavy atom. The van der Waals surface area contributed by atoms with E-state index < -0.39 is 0 Å². The molecule has 1 unspecified atom stereocenters. The monoisotopic (exact) mass is 201 g/mol. The molecule has 0 amide bonds. The number of hydrogen-bond donors (Lipinski definition) is 2. The van der Waals surface area contributed by atoms with E-state index in [0.717, 1.165) is 25.3 Å². The molecule has 2 N–H and O–H groups in total. The Bertz CT molecular complexity index is 217. The highest BCUT2D eigenvalue weighted by atomic mass is 32.1. The van der Waals surface area contributed by atoms with Gasteiger partial charge in [0, 0.05) is 25.1 Å². The van der Waals surface area contributed by atoms with Crippen LogP contribution in [0.4, 0.5) is 0 Å². The van der Waals surface area contributed by atoms with Crippen LogP contribution in [0.5, 0.6) is 0 Å². The first-order chi connectivity index (χ1) is 6.24. The van der Waals surface area contributed by atoms with E-state index >= 15 is 0 Å². The van der Waals surface area contributed by atoms with Gasteiger partial charge in [-0.15, -0.1) is 0 Å². The predicted octanol–water partition coefficient (Wildman–Crippen LogP) is 0.493. The fourth-order valence-electron chi connectivity index (χ4n) is 1.12. The molecular formula is C8H15N3OS. The molecule has 4 nitrogen and oxygen atoms in total. The van der Waals surface area contributed by atoms with Gasteiger partial charge in [0.05, 0.1) is 13.2 Å². The average molecular weight is 201 g/mol. The Morgan fingerprint density at radius 3 is 3.08 bits per heavy atom. The lowest BCUT2D eigenvalue weighted by molar-refractivity contribution is 0.110. The van der Waals surface area contributed by atoms with Crippen LogP contribution in [0.1, 0.15) is 13.3 Å². The second kappa shape index (κ2) is 5.14. The van der Waals surface area contributed by atoms with E-state index in [2.05, 4.69) is 22.8 Å². The predicted molar refractivity (Wildman–Crippen MR) is 56.8 cm³/mol. The molecule has 1 aliphatic rings. The molecule has 0 aromatic carbocycles. The summed E-state index contributed by atoms with van der Waals surface area (Å²) in [4.78, 5) is 0. The fourth-order valence-corrected chi connectivity index (χ4v) is 1.17. The Hall–Kier alpha value is -0.680. The number of hydrogen-bond acceptors (Lipinski definition) is 3. The van der Waals surface area contributed by atoms with Gasteiger partial charge in [-0.3, -0.25) is 5.43 Å². The summed E-state index contributed by atoms with van der Waals surface area (Å²) in [5.74, 6) is 0.390. The van der Waals surface area contributed by atoms with E-state index in [1.54, 1.807) is 7.05 Å². The quantitative estimate of drug-likeness (QED) is 0.479. The van der Waals surface area contributed by atoms with Crippen molar-refractivity contribution in [2.24, 2.45) is 11.0 Å².